The van der Waals surface area contributed by atoms with Crippen LogP contribution in [0.4, 0.5) is 0 Å². The Morgan fingerprint density at radius 2 is 2.31 bits per heavy atom. The number of ether oxygens (including phenoxy) is 1. The van der Waals surface area contributed by atoms with Gasteiger partial charge in [-0.1, -0.05) is 6.07 Å². The molecule has 1 aromatic carbocycles. The van der Waals surface area contributed by atoms with Crippen molar-refractivity contribution in [3.05, 3.63) is 40.2 Å². The molecule has 0 bridgehead atoms. The van der Waals surface area contributed by atoms with Gasteiger partial charge < -0.3 is 9.72 Å². The average molecular weight is 214 g/mol. The van der Waals surface area contributed by atoms with Crippen LogP contribution in [0.1, 0.15) is 12.5 Å². The number of fused-ring (bicyclic) bond motifs is 1. The molecule has 4 nitrogen and oxygen atoms in total. The number of H-pyrrole nitrogens is 1. The fourth-order valence-corrected chi connectivity index (χ4v) is 1.58. The highest BCUT2D eigenvalue weighted by Gasteiger charge is 2.07. The molecule has 4 heteroatoms. The lowest BCUT2D eigenvalue weighted by Gasteiger charge is -2.06. The molecule has 2 aromatic rings. The number of nitrogens with zero attached hydrogens (tertiary/aromatic N) is 1. The van der Waals surface area contributed by atoms with Gasteiger partial charge in [-0.05, 0) is 19.1 Å². The van der Waals surface area contributed by atoms with Crippen LogP contribution in [0.3, 0.4) is 0 Å². The highest BCUT2D eigenvalue weighted by molar-refractivity contribution is 5.85. The summed E-state index contributed by atoms with van der Waals surface area (Å²) in [6.07, 6.45) is 1.41. The monoisotopic (exact) mass is 214 g/mol. The van der Waals surface area contributed by atoms with Crippen LogP contribution in [0.5, 0.6) is 5.75 Å². The molecule has 0 aliphatic rings. The maximum Gasteiger partial charge on any atom is 0.207 e. The lowest BCUT2D eigenvalue weighted by atomic mass is 10.1. The first-order valence-electron chi connectivity index (χ1n) is 4.95. The predicted molar refractivity (Wildman–Crippen MR) is 60.5 cm³/mol. The Kier molecular flexibility index (Phi) is 2.61. The van der Waals surface area contributed by atoms with Crippen molar-refractivity contribution in [2.24, 2.45) is 0 Å². The maximum atomic E-state index is 11.8. The van der Waals surface area contributed by atoms with E-state index in [1.54, 1.807) is 18.2 Å². The standard InChI is InChI=1S/C12H10N2O2/c1-2-16-10-5-3-4-9-11(10)14-7-8(6-13)12(9)15/h3-5,7H,2H2,1H3,(H,14,15). The zero-order valence-electron chi connectivity index (χ0n) is 8.78. The lowest BCUT2D eigenvalue weighted by Crippen LogP contribution is -2.07. The summed E-state index contributed by atoms with van der Waals surface area (Å²) in [4.78, 5) is 14.7. The molecule has 0 saturated heterocycles. The molecule has 0 atom stereocenters. The number of hydrogen-bond acceptors (Lipinski definition) is 3. The number of nitriles is 1. The minimum atomic E-state index is -0.266. The fourth-order valence-electron chi connectivity index (χ4n) is 1.58. The largest absolute Gasteiger partial charge is 0.492 e. The van der Waals surface area contributed by atoms with E-state index in [4.69, 9.17) is 10.00 Å². The summed E-state index contributed by atoms with van der Waals surface area (Å²) < 4.78 is 5.39. The summed E-state index contributed by atoms with van der Waals surface area (Å²) in [5.74, 6) is 0.626. The van der Waals surface area contributed by atoms with Gasteiger partial charge in [-0.15, -0.1) is 0 Å². The summed E-state index contributed by atoms with van der Waals surface area (Å²) in [5, 5.41) is 9.23. The minimum Gasteiger partial charge on any atom is -0.492 e. The maximum absolute atomic E-state index is 11.8. The zero-order valence-corrected chi connectivity index (χ0v) is 8.78. The zero-order chi connectivity index (χ0) is 11.5. The third-order valence-electron chi connectivity index (χ3n) is 2.30. The molecule has 0 saturated carbocycles. The Hall–Kier alpha value is -2.28. The van der Waals surface area contributed by atoms with Crippen molar-refractivity contribution in [2.45, 2.75) is 6.92 Å². The molecule has 1 aromatic heterocycles. The van der Waals surface area contributed by atoms with Gasteiger partial charge in [-0.2, -0.15) is 5.26 Å². The lowest BCUT2D eigenvalue weighted by molar-refractivity contribution is 0.343. The molecule has 0 radical (unpaired) electrons. The van der Waals surface area contributed by atoms with E-state index in [0.29, 0.717) is 23.3 Å². The summed E-state index contributed by atoms with van der Waals surface area (Å²) in [6.45, 7) is 2.40. The van der Waals surface area contributed by atoms with Crippen molar-refractivity contribution in [3.8, 4) is 11.8 Å². The van der Waals surface area contributed by atoms with E-state index in [9.17, 15) is 4.79 Å². The second-order valence-electron chi connectivity index (χ2n) is 3.25. The first-order chi connectivity index (χ1) is 7.77. The van der Waals surface area contributed by atoms with Gasteiger partial charge in [0.25, 0.3) is 0 Å². The molecule has 0 aliphatic heterocycles. The van der Waals surface area contributed by atoms with Crippen molar-refractivity contribution in [1.82, 2.24) is 4.98 Å². The molecular weight excluding hydrogens is 204 g/mol. The SMILES string of the molecule is CCOc1cccc2c(=O)c(C#N)c[nH]c12. The third-order valence-corrected chi connectivity index (χ3v) is 2.30. The van der Waals surface area contributed by atoms with Crippen LogP contribution in [0.25, 0.3) is 10.9 Å². The van der Waals surface area contributed by atoms with E-state index in [2.05, 4.69) is 4.98 Å². The van der Waals surface area contributed by atoms with E-state index in [0.717, 1.165) is 0 Å². The molecule has 0 unspecified atom stereocenters. The van der Waals surface area contributed by atoms with Crippen LogP contribution >= 0.6 is 0 Å². The van der Waals surface area contributed by atoms with Crippen molar-refractivity contribution >= 4 is 10.9 Å². The van der Waals surface area contributed by atoms with E-state index in [1.165, 1.54) is 6.20 Å². The molecule has 1 N–H and O–H groups in total. The van der Waals surface area contributed by atoms with Crippen molar-refractivity contribution in [1.29, 1.82) is 5.26 Å². The normalized spacial score (nSPS) is 10.0. The first-order valence-corrected chi connectivity index (χ1v) is 4.95. The van der Waals surface area contributed by atoms with Gasteiger partial charge in [-0.25, -0.2) is 0 Å². The Balaban J connectivity index is 2.79. The number of para-hydroxylation sites is 1. The number of rotatable bonds is 2. The molecule has 1 heterocycles. The van der Waals surface area contributed by atoms with Gasteiger partial charge in [0.2, 0.25) is 5.43 Å². The van der Waals surface area contributed by atoms with E-state index in [-0.39, 0.29) is 11.0 Å². The predicted octanol–water partition coefficient (Wildman–Crippen LogP) is 1.80. The molecule has 0 fully saturated rings. The molecule has 0 spiro atoms. The van der Waals surface area contributed by atoms with Crippen LogP contribution in [-0.2, 0) is 0 Å². The number of benzene rings is 1. The van der Waals surface area contributed by atoms with Gasteiger partial charge in [0, 0.05) is 6.20 Å². The molecule has 0 aliphatic carbocycles. The Labute approximate surface area is 92.1 Å². The number of aromatic amines is 1. The van der Waals surface area contributed by atoms with Crippen LogP contribution < -0.4 is 10.2 Å². The topological polar surface area (TPSA) is 65.9 Å². The van der Waals surface area contributed by atoms with Gasteiger partial charge in [0.1, 0.15) is 17.4 Å². The highest BCUT2D eigenvalue weighted by Crippen LogP contribution is 2.21. The number of hydrogen-bond donors (Lipinski definition) is 1. The summed E-state index contributed by atoms with van der Waals surface area (Å²) in [7, 11) is 0. The van der Waals surface area contributed by atoms with E-state index >= 15 is 0 Å². The van der Waals surface area contributed by atoms with Gasteiger partial charge >= 0.3 is 0 Å². The van der Waals surface area contributed by atoms with Crippen LogP contribution in [-0.4, -0.2) is 11.6 Å². The minimum absolute atomic E-state index is 0.112. The highest BCUT2D eigenvalue weighted by atomic mass is 16.5. The number of pyridine rings is 1. The summed E-state index contributed by atoms with van der Waals surface area (Å²) in [6, 6.07) is 7.06. The third kappa shape index (κ3) is 1.52. The average Bonchev–Trinajstić information content (AvgIpc) is 2.31. The van der Waals surface area contributed by atoms with E-state index in [1.807, 2.05) is 13.0 Å². The second-order valence-corrected chi connectivity index (χ2v) is 3.25. The van der Waals surface area contributed by atoms with Gasteiger partial charge in [0.15, 0.2) is 0 Å². The van der Waals surface area contributed by atoms with Crippen molar-refractivity contribution in [2.75, 3.05) is 6.61 Å². The van der Waals surface area contributed by atoms with E-state index < -0.39 is 0 Å². The first kappa shape index (κ1) is 10.2. The molecule has 0 amide bonds. The summed E-state index contributed by atoms with van der Waals surface area (Å²) >= 11 is 0. The number of aromatic nitrogens is 1. The van der Waals surface area contributed by atoms with Crippen molar-refractivity contribution < 1.29 is 4.74 Å². The second kappa shape index (κ2) is 4.07. The Morgan fingerprint density at radius 1 is 1.50 bits per heavy atom. The molecule has 80 valence electrons. The fraction of sp³-hybridized carbons (Fsp3) is 0.167. The quantitative estimate of drug-likeness (QED) is 0.828. The smallest absolute Gasteiger partial charge is 0.207 e. The summed E-state index contributed by atoms with van der Waals surface area (Å²) in [5.41, 5.74) is 0.479. The van der Waals surface area contributed by atoms with Gasteiger partial charge in [0.05, 0.1) is 17.5 Å². The van der Waals surface area contributed by atoms with Crippen LogP contribution in [0.2, 0.25) is 0 Å². The molecular formula is C12H10N2O2. The van der Waals surface area contributed by atoms with Crippen LogP contribution in [0.15, 0.2) is 29.2 Å². The molecule has 2 rings (SSSR count). The van der Waals surface area contributed by atoms with Gasteiger partial charge in [-0.3, -0.25) is 4.79 Å². The Bertz CT molecular complexity index is 623. The van der Waals surface area contributed by atoms with Crippen LogP contribution in [0, 0.1) is 11.3 Å². The Morgan fingerprint density at radius 3 is 3.00 bits per heavy atom. The number of nitrogens with one attached hydrogen (secondary N) is 1. The van der Waals surface area contributed by atoms with Crippen molar-refractivity contribution in [3.63, 3.8) is 0 Å². The molecule has 16 heavy (non-hydrogen) atoms.